The Morgan fingerprint density at radius 2 is 1.27 bits per heavy atom. The molecule has 0 spiro atoms. The van der Waals surface area contributed by atoms with Gasteiger partial charge in [-0.1, -0.05) is 0 Å². The molecule has 0 aliphatic carbocycles. The van der Waals surface area contributed by atoms with E-state index in [2.05, 4.69) is 10.6 Å². The van der Waals surface area contributed by atoms with E-state index in [-0.39, 0.29) is 19.5 Å². The quantitative estimate of drug-likeness (QED) is 0.508. The van der Waals surface area contributed by atoms with Crippen LogP contribution < -0.4 is 10.6 Å². The predicted molar refractivity (Wildman–Crippen MR) is 56.2 cm³/mol. The minimum absolute atomic E-state index is 0. The second-order valence-corrected chi connectivity index (χ2v) is 3.95. The van der Waals surface area contributed by atoms with E-state index in [1.807, 2.05) is 0 Å². The maximum Gasteiger partial charge on any atom is 0.0584 e. The Kier molecular flexibility index (Phi) is 9.97. The van der Waals surface area contributed by atoms with E-state index in [1.165, 1.54) is 12.8 Å². The van der Waals surface area contributed by atoms with E-state index < -0.39 is 0 Å². The van der Waals surface area contributed by atoms with Gasteiger partial charge in [-0.15, -0.1) is 0 Å². The molecule has 2 fully saturated rings. The molecule has 4 N–H and O–H groups in total. The van der Waals surface area contributed by atoms with Crippen LogP contribution in [0.25, 0.3) is 0 Å². The van der Waals surface area contributed by atoms with E-state index in [0.29, 0.717) is 25.3 Å². The maximum absolute atomic E-state index is 8.50. The number of aliphatic hydroxyl groups is 2. The van der Waals surface area contributed by atoms with Crippen LogP contribution in [0.2, 0.25) is 0 Å². The largest absolute Gasteiger partial charge is 0.395 e. The van der Waals surface area contributed by atoms with Gasteiger partial charge in [0.2, 0.25) is 0 Å². The van der Waals surface area contributed by atoms with Crippen molar-refractivity contribution in [1.82, 2.24) is 10.6 Å². The second kappa shape index (κ2) is 9.67. The van der Waals surface area contributed by atoms with Gasteiger partial charge < -0.3 is 20.8 Å². The summed E-state index contributed by atoms with van der Waals surface area (Å²) in [4.78, 5) is 0. The Morgan fingerprint density at radius 3 is 1.40 bits per heavy atom. The predicted octanol–water partition coefficient (Wildman–Crippen LogP) is -0.541. The number of aliphatic hydroxyl groups excluding tert-OH is 2. The van der Waals surface area contributed by atoms with Gasteiger partial charge >= 0.3 is 0 Å². The van der Waals surface area contributed by atoms with Crippen molar-refractivity contribution in [2.45, 2.75) is 37.8 Å². The zero-order valence-electron chi connectivity index (χ0n) is 9.41. The molecule has 0 aromatic carbocycles. The molecule has 0 saturated carbocycles. The summed E-state index contributed by atoms with van der Waals surface area (Å²) in [5.74, 6) is 0. The number of rotatable bonds is 2. The zero-order valence-corrected chi connectivity index (χ0v) is 12.4. The molecule has 2 aliphatic rings. The molecule has 2 atom stereocenters. The first-order valence-corrected chi connectivity index (χ1v) is 5.55. The second-order valence-electron chi connectivity index (χ2n) is 3.95. The van der Waals surface area contributed by atoms with Crippen LogP contribution in [0.1, 0.15) is 25.7 Å². The molecule has 4 nitrogen and oxygen atoms in total. The monoisotopic (exact) mass is 266 g/mol. The molecule has 2 rings (SSSR count). The van der Waals surface area contributed by atoms with Gasteiger partial charge in [0.1, 0.15) is 0 Å². The van der Waals surface area contributed by atoms with Crippen LogP contribution in [0.5, 0.6) is 0 Å². The summed E-state index contributed by atoms with van der Waals surface area (Å²) < 4.78 is 0. The van der Waals surface area contributed by atoms with Crippen LogP contribution >= 0.6 is 0 Å². The zero-order chi connectivity index (χ0) is 10.2. The van der Waals surface area contributed by atoms with Crippen molar-refractivity contribution in [3.8, 4) is 0 Å². The fourth-order valence-electron chi connectivity index (χ4n) is 1.83. The topological polar surface area (TPSA) is 64.5 Å². The van der Waals surface area contributed by atoms with E-state index in [0.717, 1.165) is 25.9 Å². The molecule has 2 saturated heterocycles. The summed E-state index contributed by atoms with van der Waals surface area (Å²) in [6, 6.07) is 0.806. The van der Waals surface area contributed by atoms with E-state index in [4.69, 9.17) is 10.2 Å². The molecule has 86 valence electrons. The van der Waals surface area contributed by atoms with Crippen LogP contribution in [0.4, 0.5) is 0 Å². The molecule has 0 unspecified atom stereocenters. The molecule has 15 heavy (non-hydrogen) atoms. The van der Waals surface area contributed by atoms with Crippen molar-refractivity contribution in [2.24, 2.45) is 0 Å². The van der Waals surface area contributed by atoms with Crippen LogP contribution in [-0.4, -0.2) is 48.6 Å². The summed E-state index contributed by atoms with van der Waals surface area (Å²) in [6.45, 7) is 2.79. The van der Waals surface area contributed by atoms with Crippen molar-refractivity contribution >= 4 is 0 Å². The van der Waals surface area contributed by atoms with Gasteiger partial charge in [0.05, 0.1) is 13.2 Å². The Hall–Kier alpha value is 0.463. The summed E-state index contributed by atoms with van der Waals surface area (Å²) in [7, 11) is 0. The van der Waals surface area contributed by atoms with E-state index >= 15 is 0 Å². The van der Waals surface area contributed by atoms with Crippen molar-refractivity contribution in [3.63, 3.8) is 0 Å². The first kappa shape index (κ1) is 15.5. The average molecular weight is 268 g/mol. The number of hydrogen-bond donors (Lipinski definition) is 4. The van der Waals surface area contributed by atoms with Gasteiger partial charge in [-0.25, -0.2) is 0 Å². The van der Waals surface area contributed by atoms with Crippen LogP contribution in [-0.2, 0) is 19.5 Å². The van der Waals surface area contributed by atoms with Gasteiger partial charge in [0.15, 0.2) is 0 Å². The molecule has 2 aliphatic heterocycles. The summed E-state index contributed by atoms with van der Waals surface area (Å²) in [6.07, 6.45) is 4.75. The minimum Gasteiger partial charge on any atom is -0.395 e. The molecule has 0 aromatic rings. The molecular weight excluding hydrogens is 246 g/mol. The first-order chi connectivity index (χ1) is 6.86. The van der Waals surface area contributed by atoms with E-state index in [1.54, 1.807) is 0 Å². The third-order valence-corrected chi connectivity index (χ3v) is 2.77. The Labute approximate surface area is 105 Å². The normalized spacial score (nSPS) is 29.2. The van der Waals surface area contributed by atoms with Crippen molar-refractivity contribution < 1.29 is 29.7 Å². The van der Waals surface area contributed by atoms with Gasteiger partial charge in [-0.2, -0.15) is 0 Å². The van der Waals surface area contributed by atoms with Gasteiger partial charge in [0.25, 0.3) is 0 Å². The molecule has 0 aromatic heterocycles. The fourth-order valence-corrected chi connectivity index (χ4v) is 1.83. The van der Waals surface area contributed by atoms with Crippen LogP contribution in [0, 0.1) is 0 Å². The number of hydrogen-bond acceptors (Lipinski definition) is 4. The third kappa shape index (κ3) is 6.59. The van der Waals surface area contributed by atoms with Crippen molar-refractivity contribution in [2.75, 3.05) is 26.3 Å². The van der Waals surface area contributed by atoms with Gasteiger partial charge in [-0.3, -0.25) is 0 Å². The standard InChI is InChI=1S/2C5H11NO.Zn/c2*7-4-5-2-1-3-6-5;/h2*5-7H,1-4H2;/t2*5-;/m00./s1. The third-order valence-electron chi connectivity index (χ3n) is 2.77. The first-order valence-electron chi connectivity index (χ1n) is 5.55. The van der Waals surface area contributed by atoms with Crippen LogP contribution in [0.3, 0.4) is 0 Å². The van der Waals surface area contributed by atoms with Gasteiger partial charge in [-0.05, 0) is 38.8 Å². The van der Waals surface area contributed by atoms with E-state index in [9.17, 15) is 0 Å². The fraction of sp³-hybridized carbons (Fsp3) is 1.00. The smallest absolute Gasteiger partial charge is 0.0584 e. The van der Waals surface area contributed by atoms with Crippen molar-refractivity contribution in [3.05, 3.63) is 0 Å². The Balaban J connectivity index is 0.000000245. The molecule has 0 bridgehead atoms. The molecule has 0 radical (unpaired) electrons. The van der Waals surface area contributed by atoms with Crippen LogP contribution in [0.15, 0.2) is 0 Å². The van der Waals surface area contributed by atoms with Gasteiger partial charge in [0, 0.05) is 31.6 Å². The summed E-state index contributed by atoms with van der Waals surface area (Å²) >= 11 is 0. The maximum atomic E-state index is 8.50. The molecule has 0 amide bonds. The summed E-state index contributed by atoms with van der Waals surface area (Å²) in [5, 5.41) is 23.3. The molecular formula is C10H22N2O2Zn. The average Bonchev–Trinajstić information content (AvgIpc) is 2.92. The molecule has 5 heteroatoms. The Morgan fingerprint density at radius 1 is 0.867 bits per heavy atom. The minimum atomic E-state index is 0. The Bertz CT molecular complexity index is 121. The summed E-state index contributed by atoms with van der Waals surface area (Å²) in [5.41, 5.74) is 0. The molecule has 2 heterocycles. The van der Waals surface area contributed by atoms with Crippen molar-refractivity contribution in [1.29, 1.82) is 0 Å². The SMILES string of the molecule is OC[C@@H]1CCCN1.OC[C@@H]1CCCN1.[Zn]. The number of nitrogens with one attached hydrogen (secondary N) is 2.